The molecule has 4 heteroatoms. The number of amides is 1. The fourth-order valence-corrected chi connectivity index (χ4v) is 0.942. The molecular formula is C11H21NO3. The minimum absolute atomic E-state index is 0.0933. The SMILES string of the molecule is CCOC(=O)CCC(=O)NC(C)C(C)C. The molecule has 0 saturated heterocycles. The standard InChI is InChI=1S/C11H21NO3/c1-5-15-11(14)7-6-10(13)12-9(4)8(2)3/h8-9H,5-7H2,1-4H3,(H,12,13). The van der Waals surface area contributed by atoms with Gasteiger partial charge in [-0.05, 0) is 19.8 Å². The van der Waals surface area contributed by atoms with Crippen LogP contribution in [0.1, 0.15) is 40.5 Å². The van der Waals surface area contributed by atoms with Gasteiger partial charge in [0.05, 0.1) is 13.0 Å². The van der Waals surface area contributed by atoms with E-state index in [9.17, 15) is 9.59 Å². The van der Waals surface area contributed by atoms with E-state index in [2.05, 4.69) is 5.32 Å². The molecule has 0 aliphatic heterocycles. The molecule has 1 amide bonds. The van der Waals surface area contributed by atoms with Gasteiger partial charge in [-0.15, -0.1) is 0 Å². The fourth-order valence-electron chi connectivity index (χ4n) is 0.942. The molecule has 0 heterocycles. The van der Waals surface area contributed by atoms with Gasteiger partial charge in [0, 0.05) is 12.5 Å². The Morgan fingerprint density at radius 3 is 2.27 bits per heavy atom. The summed E-state index contributed by atoms with van der Waals surface area (Å²) in [6.07, 6.45) is 0.361. The van der Waals surface area contributed by atoms with Crippen molar-refractivity contribution in [3.63, 3.8) is 0 Å². The number of hydrogen-bond donors (Lipinski definition) is 1. The van der Waals surface area contributed by atoms with Crippen LogP contribution in [0.3, 0.4) is 0 Å². The van der Waals surface area contributed by atoms with Gasteiger partial charge in [-0.3, -0.25) is 9.59 Å². The van der Waals surface area contributed by atoms with Crippen molar-refractivity contribution in [1.29, 1.82) is 0 Å². The van der Waals surface area contributed by atoms with Crippen LogP contribution in [-0.4, -0.2) is 24.5 Å². The Balaban J connectivity index is 3.70. The van der Waals surface area contributed by atoms with E-state index in [1.165, 1.54) is 0 Å². The van der Waals surface area contributed by atoms with Crippen molar-refractivity contribution < 1.29 is 14.3 Å². The molecule has 0 aromatic heterocycles. The van der Waals surface area contributed by atoms with Crippen LogP contribution in [0.5, 0.6) is 0 Å². The lowest BCUT2D eigenvalue weighted by Gasteiger charge is -2.17. The molecule has 0 radical (unpaired) electrons. The summed E-state index contributed by atoms with van der Waals surface area (Å²) in [5.74, 6) is -0.00866. The van der Waals surface area contributed by atoms with Gasteiger partial charge in [0.1, 0.15) is 0 Å². The highest BCUT2D eigenvalue weighted by atomic mass is 16.5. The van der Waals surface area contributed by atoms with Gasteiger partial charge in [-0.25, -0.2) is 0 Å². The van der Waals surface area contributed by atoms with E-state index in [0.29, 0.717) is 12.5 Å². The van der Waals surface area contributed by atoms with Crippen LogP contribution in [0.25, 0.3) is 0 Å². The van der Waals surface area contributed by atoms with Gasteiger partial charge in [0.15, 0.2) is 0 Å². The maximum absolute atomic E-state index is 11.3. The van der Waals surface area contributed by atoms with Gasteiger partial charge in [-0.1, -0.05) is 13.8 Å². The van der Waals surface area contributed by atoms with E-state index in [-0.39, 0.29) is 30.8 Å². The van der Waals surface area contributed by atoms with Crippen LogP contribution < -0.4 is 5.32 Å². The lowest BCUT2D eigenvalue weighted by molar-refractivity contribution is -0.144. The molecule has 0 rings (SSSR count). The van der Waals surface area contributed by atoms with E-state index in [0.717, 1.165) is 0 Å². The average Bonchev–Trinajstić information content (AvgIpc) is 2.15. The van der Waals surface area contributed by atoms with Crippen LogP contribution in [0.15, 0.2) is 0 Å². The number of ether oxygens (including phenoxy) is 1. The van der Waals surface area contributed by atoms with E-state index < -0.39 is 0 Å². The highest BCUT2D eigenvalue weighted by Gasteiger charge is 2.12. The lowest BCUT2D eigenvalue weighted by Crippen LogP contribution is -2.36. The third-order valence-electron chi connectivity index (χ3n) is 2.25. The summed E-state index contributed by atoms with van der Waals surface area (Å²) in [4.78, 5) is 22.3. The normalized spacial score (nSPS) is 12.3. The van der Waals surface area contributed by atoms with Crippen molar-refractivity contribution >= 4 is 11.9 Å². The van der Waals surface area contributed by atoms with E-state index in [4.69, 9.17) is 4.74 Å². The number of esters is 1. The third kappa shape index (κ3) is 6.94. The fraction of sp³-hybridized carbons (Fsp3) is 0.818. The number of carbonyl (C=O) groups excluding carboxylic acids is 2. The molecule has 88 valence electrons. The first-order valence-corrected chi connectivity index (χ1v) is 5.42. The maximum atomic E-state index is 11.3. The Labute approximate surface area is 91.4 Å². The van der Waals surface area contributed by atoms with Crippen LogP contribution in [-0.2, 0) is 14.3 Å². The predicted octanol–water partition coefficient (Wildman–Crippen LogP) is 1.49. The summed E-state index contributed by atoms with van der Waals surface area (Å²) >= 11 is 0. The van der Waals surface area contributed by atoms with Gasteiger partial charge < -0.3 is 10.1 Å². The van der Waals surface area contributed by atoms with Crippen molar-refractivity contribution in [2.75, 3.05) is 6.61 Å². The molecule has 0 saturated carbocycles. The van der Waals surface area contributed by atoms with Gasteiger partial charge in [0.25, 0.3) is 0 Å². The number of hydrogen-bond acceptors (Lipinski definition) is 3. The topological polar surface area (TPSA) is 55.4 Å². The molecule has 0 aliphatic rings. The zero-order valence-corrected chi connectivity index (χ0v) is 10.0. The molecule has 1 N–H and O–H groups in total. The van der Waals surface area contributed by atoms with Crippen LogP contribution in [0.4, 0.5) is 0 Å². The lowest BCUT2D eigenvalue weighted by atomic mass is 10.1. The van der Waals surface area contributed by atoms with Gasteiger partial charge in [-0.2, -0.15) is 0 Å². The molecule has 15 heavy (non-hydrogen) atoms. The van der Waals surface area contributed by atoms with E-state index in [1.54, 1.807) is 6.92 Å². The highest BCUT2D eigenvalue weighted by molar-refractivity contribution is 5.81. The second kappa shape index (κ2) is 7.26. The molecule has 0 aromatic carbocycles. The smallest absolute Gasteiger partial charge is 0.306 e. The summed E-state index contributed by atoms with van der Waals surface area (Å²) in [7, 11) is 0. The molecule has 0 fully saturated rings. The van der Waals surface area contributed by atoms with Crippen molar-refractivity contribution in [1.82, 2.24) is 5.32 Å². The molecule has 0 aliphatic carbocycles. The Morgan fingerprint density at radius 1 is 1.20 bits per heavy atom. The molecule has 0 bridgehead atoms. The van der Waals surface area contributed by atoms with E-state index in [1.807, 2.05) is 20.8 Å². The summed E-state index contributed by atoms with van der Waals surface area (Å²) in [6, 6.07) is 0.139. The minimum Gasteiger partial charge on any atom is -0.466 e. The van der Waals surface area contributed by atoms with Crippen LogP contribution in [0, 0.1) is 5.92 Å². The molecule has 1 unspecified atom stereocenters. The monoisotopic (exact) mass is 215 g/mol. The second-order valence-electron chi connectivity index (χ2n) is 3.91. The Bertz CT molecular complexity index is 214. The zero-order chi connectivity index (χ0) is 11.8. The summed E-state index contributed by atoms with van der Waals surface area (Å²) in [6.45, 7) is 8.14. The Morgan fingerprint density at radius 2 is 1.80 bits per heavy atom. The highest BCUT2D eigenvalue weighted by Crippen LogP contribution is 2.01. The Kier molecular flexibility index (Phi) is 6.75. The number of nitrogens with one attached hydrogen (secondary N) is 1. The molecule has 0 aromatic rings. The summed E-state index contributed by atoms with van der Waals surface area (Å²) < 4.78 is 4.73. The maximum Gasteiger partial charge on any atom is 0.306 e. The third-order valence-corrected chi connectivity index (χ3v) is 2.25. The van der Waals surface area contributed by atoms with Crippen molar-refractivity contribution in [2.45, 2.75) is 46.6 Å². The summed E-state index contributed by atoms with van der Waals surface area (Å²) in [5.41, 5.74) is 0. The van der Waals surface area contributed by atoms with Gasteiger partial charge in [0.2, 0.25) is 5.91 Å². The first-order valence-electron chi connectivity index (χ1n) is 5.42. The van der Waals surface area contributed by atoms with Crippen molar-refractivity contribution in [3.8, 4) is 0 Å². The summed E-state index contributed by atoms with van der Waals surface area (Å²) in [5, 5.41) is 2.83. The number of carbonyl (C=O) groups is 2. The largest absolute Gasteiger partial charge is 0.466 e. The zero-order valence-electron chi connectivity index (χ0n) is 10.0. The van der Waals surface area contributed by atoms with Crippen LogP contribution in [0.2, 0.25) is 0 Å². The predicted molar refractivity (Wildman–Crippen MR) is 58.3 cm³/mol. The average molecular weight is 215 g/mol. The van der Waals surface area contributed by atoms with Crippen molar-refractivity contribution in [3.05, 3.63) is 0 Å². The van der Waals surface area contributed by atoms with Crippen LogP contribution >= 0.6 is 0 Å². The minimum atomic E-state index is -0.315. The Hall–Kier alpha value is -1.06. The first-order chi connectivity index (χ1) is 6.97. The van der Waals surface area contributed by atoms with E-state index >= 15 is 0 Å². The van der Waals surface area contributed by atoms with Crippen molar-refractivity contribution in [2.24, 2.45) is 5.92 Å². The number of rotatable bonds is 6. The second-order valence-corrected chi connectivity index (χ2v) is 3.91. The molecule has 1 atom stereocenters. The molecular weight excluding hydrogens is 194 g/mol. The molecule has 0 spiro atoms. The van der Waals surface area contributed by atoms with Gasteiger partial charge >= 0.3 is 5.97 Å². The molecule has 4 nitrogen and oxygen atoms in total. The first kappa shape index (κ1) is 13.9. The quantitative estimate of drug-likeness (QED) is 0.683.